The average Bonchev–Trinajstić information content (AvgIpc) is 3.48. The average molecular weight is 474 g/mol. The number of carbonyl (C=O) groups excluding carboxylic acids is 1. The van der Waals surface area contributed by atoms with Gasteiger partial charge in [0.05, 0.1) is 17.3 Å². The SMILES string of the molecule is CC1NC2=C(S1)[C@]1(CCC2)CNCC1C(=O)N1CC[C@@H](c2ccccc2)C[C@H]1c1ccccc1. The minimum Gasteiger partial charge on any atom is -0.376 e. The van der Waals surface area contributed by atoms with Gasteiger partial charge in [-0.15, -0.1) is 11.8 Å². The number of hydrogen-bond donors (Lipinski definition) is 2. The summed E-state index contributed by atoms with van der Waals surface area (Å²) < 4.78 is 0. The Balaban J connectivity index is 1.32. The number of piperidine rings is 1. The van der Waals surface area contributed by atoms with E-state index in [2.05, 4.69) is 83.1 Å². The summed E-state index contributed by atoms with van der Waals surface area (Å²) in [5, 5.41) is 7.75. The first kappa shape index (κ1) is 22.2. The van der Waals surface area contributed by atoms with Crippen LogP contribution < -0.4 is 10.6 Å². The molecule has 5 heteroatoms. The van der Waals surface area contributed by atoms with Gasteiger partial charge in [-0.3, -0.25) is 4.79 Å². The Labute approximate surface area is 207 Å². The molecule has 0 aromatic heterocycles. The predicted molar refractivity (Wildman–Crippen MR) is 139 cm³/mol. The Kier molecular flexibility index (Phi) is 5.94. The molecule has 34 heavy (non-hydrogen) atoms. The van der Waals surface area contributed by atoms with E-state index in [9.17, 15) is 4.79 Å². The van der Waals surface area contributed by atoms with Gasteiger partial charge >= 0.3 is 0 Å². The zero-order valence-corrected chi connectivity index (χ0v) is 20.8. The van der Waals surface area contributed by atoms with Gasteiger partial charge in [0.1, 0.15) is 0 Å². The van der Waals surface area contributed by atoms with Crippen molar-refractivity contribution < 1.29 is 4.79 Å². The smallest absolute Gasteiger partial charge is 0.228 e. The molecule has 2 fully saturated rings. The van der Waals surface area contributed by atoms with Gasteiger partial charge in [-0.05, 0) is 56.1 Å². The predicted octanol–water partition coefficient (Wildman–Crippen LogP) is 5.42. The third-order valence-electron chi connectivity index (χ3n) is 8.54. The zero-order chi connectivity index (χ0) is 23.1. The number of carbonyl (C=O) groups is 1. The van der Waals surface area contributed by atoms with E-state index in [-0.39, 0.29) is 17.4 Å². The number of thioether (sulfide) groups is 1. The molecular formula is C29H35N3OS. The molecule has 3 heterocycles. The van der Waals surface area contributed by atoms with Crippen molar-refractivity contribution in [3.63, 3.8) is 0 Å². The number of nitrogens with zero attached hydrogens (tertiary/aromatic N) is 1. The molecule has 1 aliphatic carbocycles. The van der Waals surface area contributed by atoms with Crippen LogP contribution in [-0.2, 0) is 4.79 Å². The van der Waals surface area contributed by atoms with Crippen LogP contribution in [0, 0.1) is 11.3 Å². The van der Waals surface area contributed by atoms with Crippen LogP contribution in [0.4, 0.5) is 0 Å². The van der Waals surface area contributed by atoms with Gasteiger partial charge in [-0.25, -0.2) is 0 Å². The Morgan fingerprint density at radius 3 is 2.56 bits per heavy atom. The lowest BCUT2D eigenvalue weighted by Gasteiger charge is -2.45. The number of fused-ring (bicyclic) bond motifs is 1. The standard InChI is InChI=1S/C29H35N3OS/c1-20-31-25-13-8-15-29(27(25)34-20)19-30-18-24(29)28(33)32-16-14-23(21-9-4-2-5-10-21)17-26(32)22-11-6-3-7-12-22/h2-7,9-12,20,23-24,26,30-31H,8,13-19H2,1H3/t20?,23-,24?,26+,29-/m1/s1. The molecule has 178 valence electrons. The van der Waals surface area contributed by atoms with Gasteiger partial charge in [0.2, 0.25) is 5.91 Å². The molecule has 2 saturated heterocycles. The first-order valence-corrected chi connectivity index (χ1v) is 13.8. The van der Waals surface area contributed by atoms with Crippen molar-refractivity contribution >= 4 is 17.7 Å². The fraction of sp³-hybridized carbons (Fsp3) is 0.483. The third-order valence-corrected chi connectivity index (χ3v) is 9.90. The maximum absolute atomic E-state index is 14.4. The van der Waals surface area contributed by atoms with E-state index in [1.54, 1.807) is 0 Å². The van der Waals surface area contributed by atoms with Crippen LogP contribution in [0.3, 0.4) is 0 Å². The zero-order valence-electron chi connectivity index (χ0n) is 20.0. The molecule has 2 N–H and O–H groups in total. The van der Waals surface area contributed by atoms with Crippen LogP contribution in [-0.4, -0.2) is 35.8 Å². The molecule has 1 amide bonds. The maximum atomic E-state index is 14.4. The normalized spacial score (nSPS) is 33.1. The molecular weight excluding hydrogens is 438 g/mol. The topological polar surface area (TPSA) is 44.4 Å². The number of benzene rings is 2. The number of rotatable bonds is 3. The van der Waals surface area contributed by atoms with Gasteiger partial charge in [0, 0.05) is 35.7 Å². The molecule has 1 spiro atoms. The Morgan fingerprint density at radius 1 is 1.06 bits per heavy atom. The second-order valence-corrected chi connectivity index (χ2v) is 11.8. The van der Waals surface area contributed by atoms with E-state index < -0.39 is 0 Å². The first-order chi connectivity index (χ1) is 16.7. The summed E-state index contributed by atoms with van der Waals surface area (Å²) in [4.78, 5) is 18.1. The number of likely N-dealkylation sites (tertiary alicyclic amines) is 1. The fourth-order valence-corrected chi connectivity index (χ4v) is 8.33. The highest BCUT2D eigenvalue weighted by atomic mass is 32.2. The third kappa shape index (κ3) is 3.77. The van der Waals surface area contributed by atoms with Crippen molar-refractivity contribution in [2.45, 2.75) is 56.4 Å². The van der Waals surface area contributed by atoms with Gasteiger partial charge in [0.25, 0.3) is 0 Å². The molecule has 4 nitrogen and oxygen atoms in total. The molecule has 4 aliphatic rings. The molecule has 6 rings (SSSR count). The van der Waals surface area contributed by atoms with Gasteiger partial charge in [-0.2, -0.15) is 0 Å². The maximum Gasteiger partial charge on any atom is 0.228 e. The second-order valence-electron chi connectivity index (χ2n) is 10.5. The highest BCUT2D eigenvalue weighted by Gasteiger charge is 2.54. The van der Waals surface area contributed by atoms with Gasteiger partial charge < -0.3 is 15.5 Å². The van der Waals surface area contributed by atoms with Crippen molar-refractivity contribution in [3.8, 4) is 0 Å². The molecule has 2 aromatic rings. The van der Waals surface area contributed by atoms with Crippen LogP contribution in [0.15, 0.2) is 71.3 Å². The molecule has 0 saturated carbocycles. The molecule has 5 atom stereocenters. The van der Waals surface area contributed by atoms with Crippen molar-refractivity contribution in [2.75, 3.05) is 19.6 Å². The largest absolute Gasteiger partial charge is 0.376 e. The molecule has 2 unspecified atom stereocenters. The summed E-state index contributed by atoms with van der Waals surface area (Å²) in [5.74, 6) is 0.877. The van der Waals surface area contributed by atoms with Crippen molar-refractivity contribution in [1.29, 1.82) is 0 Å². The molecule has 2 aromatic carbocycles. The fourth-order valence-electron chi connectivity index (χ4n) is 6.92. The Hall–Kier alpha value is -2.24. The first-order valence-electron chi connectivity index (χ1n) is 12.9. The van der Waals surface area contributed by atoms with Gasteiger partial charge in [0.15, 0.2) is 0 Å². The van der Waals surface area contributed by atoms with E-state index in [1.165, 1.54) is 28.1 Å². The van der Waals surface area contributed by atoms with E-state index in [4.69, 9.17) is 0 Å². The van der Waals surface area contributed by atoms with Crippen molar-refractivity contribution in [3.05, 3.63) is 82.4 Å². The Morgan fingerprint density at radius 2 is 1.79 bits per heavy atom. The number of nitrogens with one attached hydrogen (secondary N) is 2. The number of hydrogen-bond acceptors (Lipinski definition) is 4. The molecule has 0 radical (unpaired) electrons. The molecule has 3 aliphatic heterocycles. The van der Waals surface area contributed by atoms with Crippen LogP contribution in [0.1, 0.15) is 62.1 Å². The van der Waals surface area contributed by atoms with Crippen molar-refractivity contribution in [2.24, 2.45) is 11.3 Å². The summed E-state index contributed by atoms with van der Waals surface area (Å²) in [6.45, 7) is 4.80. The van der Waals surface area contributed by atoms with E-state index in [0.29, 0.717) is 17.2 Å². The summed E-state index contributed by atoms with van der Waals surface area (Å²) in [6.07, 6.45) is 5.45. The van der Waals surface area contributed by atoms with Crippen LogP contribution >= 0.6 is 11.8 Å². The number of allylic oxidation sites excluding steroid dienone is 1. The quantitative estimate of drug-likeness (QED) is 0.625. The van der Waals surface area contributed by atoms with E-state index >= 15 is 0 Å². The lowest BCUT2D eigenvalue weighted by molar-refractivity contribution is -0.142. The summed E-state index contributed by atoms with van der Waals surface area (Å²) in [5.41, 5.74) is 4.04. The monoisotopic (exact) mass is 473 g/mol. The minimum absolute atomic E-state index is 0.0249. The number of amides is 1. The highest BCUT2D eigenvalue weighted by Crippen LogP contribution is 2.56. The van der Waals surface area contributed by atoms with E-state index in [0.717, 1.165) is 45.3 Å². The highest BCUT2D eigenvalue weighted by molar-refractivity contribution is 8.03. The van der Waals surface area contributed by atoms with E-state index in [1.807, 2.05) is 11.8 Å². The van der Waals surface area contributed by atoms with Gasteiger partial charge in [-0.1, -0.05) is 60.7 Å². The summed E-state index contributed by atoms with van der Waals surface area (Å²) >= 11 is 1.97. The van der Waals surface area contributed by atoms with Crippen LogP contribution in [0.2, 0.25) is 0 Å². The van der Waals surface area contributed by atoms with Crippen LogP contribution in [0.5, 0.6) is 0 Å². The molecule has 0 bridgehead atoms. The minimum atomic E-state index is -0.0371. The van der Waals surface area contributed by atoms with Crippen molar-refractivity contribution in [1.82, 2.24) is 15.5 Å². The Bertz CT molecular complexity index is 1070. The lowest BCUT2D eigenvalue weighted by Crippen LogP contribution is -2.49. The summed E-state index contributed by atoms with van der Waals surface area (Å²) in [7, 11) is 0. The van der Waals surface area contributed by atoms with Crippen LogP contribution in [0.25, 0.3) is 0 Å². The lowest BCUT2D eigenvalue weighted by atomic mass is 9.69. The summed E-state index contributed by atoms with van der Waals surface area (Å²) in [6, 6.07) is 21.7. The second kappa shape index (κ2) is 9.09.